The first kappa shape index (κ1) is 17.9. The van der Waals surface area contributed by atoms with Gasteiger partial charge in [-0.3, -0.25) is 14.3 Å². The summed E-state index contributed by atoms with van der Waals surface area (Å²) < 4.78 is 7.44. The van der Waals surface area contributed by atoms with Crippen molar-refractivity contribution in [3.63, 3.8) is 0 Å². The third kappa shape index (κ3) is 4.02. The zero-order valence-electron chi connectivity index (χ0n) is 14.5. The molecule has 0 atom stereocenters. The minimum Gasteiger partial charge on any atom is -0.494 e. The van der Waals surface area contributed by atoms with Gasteiger partial charge in [0.1, 0.15) is 5.75 Å². The SMILES string of the molecule is CCOc1ccc(-n2c(SCC(=O)NC)nnc2-c2ccncc2)cc1. The summed E-state index contributed by atoms with van der Waals surface area (Å²) in [6.45, 7) is 2.56. The van der Waals surface area contributed by atoms with Gasteiger partial charge in [-0.25, -0.2) is 0 Å². The van der Waals surface area contributed by atoms with Gasteiger partial charge in [-0.2, -0.15) is 0 Å². The first-order valence-corrected chi connectivity index (χ1v) is 9.14. The predicted octanol–water partition coefficient (Wildman–Crippen LogP) is 2.57. The lowest BCUT2D eigenvalue weighted by atomic mass is 10.2. The fourth-order valence-electron chi connectivity index (χ4n) is 2.34. The topological polar surface area (TPSA) is 81.9 Å². The van der Waals surface area contributed by atoms with Crippen molar-refractivity contribution in [1.29, 1.82) is 0 Å². The van der Waals surface area contributed by atoms with E-state index in [4.69, 9.17) is 4.74 Å². The molecule has 8 heteroatoms. The van der Waals surface area contributed by atoms with E-state index in [0.717, 1.165) is 17.0 Å². The molecule has 1 aromatic carbocycles. The van der Waals surface area contributed by atoms with Crippen LogP contribution >= 0.6 is 11.8 Å². The van der Waals surface area contributed by atoms with Crippen LogP contribution in [0.4, 0.5) is 0 Å². The van der Waals surface area contributed by atoms with Gasteiger partial charge in [-0.05, 0) is 43.3 Å². The van der Waals surface area contributed by atoms with E-state index in [1.165, 1.54) is 11.8 Å². The van der Waals surface area contributed by atoms with Gasteiger partial charge in [0.2, 0.25) is 5.91 Å². The maximum absolute atomic E-state index is 11.6. The Kier molecular flexibility index (Phi) is 5.85. The number of thioether (sulfide) groups is 1. The molecule has 1 amide bonds. The van der Waals surface area contributed by atoms with Crippen molar-refractivity contribution in [3.05, 3.63) is 48.8 Å². The molecular weight excluding hydrogens is 350 g/mol. The predicted molar refractivity (Wildman–Crippen MR) is 101 cm³/mol. The van der Waals surface area contributed by atoms with Crippen molar-refractivity contribution < 1.29 is 9.53 Å². The molecule has 7 nitrogen and oxygen atoms in total. The van der Waals surface area contributed by atoms with Crippen LogP contribution in [0.15, 0.2) is 53.9 Å². The smallest absolute Gasteiger partial charge is 0.230 e. The highest BCUT2D eigenvalue weighted by molar-refractivity contribution is 7.99. The lowest BCUT2D eigenvalue weighted by Gasteiger charge is -2.11. The highest BCUT2D eigenvalue weighted by Gasteiger charge is 2.17. The van der Waals surface area contributed by atoms with E-state index >= 15 is 0 Å². The molecule has 0 aliphatic rings. The van der Waals surface area contributed by atoms with E-state index in [0.29, 0.717) is 17.6 Å². The number of ether oxygens (including phenoxy) is 1. The van der Waals surface area contributed by atoms with Crippen LogP contribution in [0.25, 0.3) is 17.1 Å². The summed E-state index contributed by atoms with van der Waals surface area (Å²) in [5.74, 6) is 1.69. The monoisotopic (exact) mass is 369 g/mol. The van der Waals surface area contributed by atoms with Gasteiger partial charge in [0.05, 0.1) is 12.4 Å². The second-order valence-electron chi connectivity index (χ2n) is 5.27. The molecule has 1 N–H and O–H groups in total. The molecule has 0 saturated carbocycles. The molecule has 2 aromatic heterocycles. The molecule has 2 heterocycles. The van der Waals surface area contributed by atoms with Crippen LogP contribution < -0.4 is 10.1 Å². The number of hydrogen-bond donors (Lipinski definition) is 1. The number of nitrogens with zero attached hydrogens (tertiary/aromatic N) is 4. The highest BCUT2D eigenvalue weighted by atomic mass is 32.2. The standard InChI is InChI=1S/C18H19N5O2S/c1-3-25-15-6-4-14(5-7-15)23-17(13-8-10-20-11-9-13)21-22-18(23)26-12-16(24)19-2/h4-11H,3,12H2,1-2H3,(H,19,24). The lowest BCUT2D eigenvalue weighted by Crippen LogP contribution is -2.20. The van der Waals surface area contributed by atoms with E-state index in [9.17, 15) is 4.79 Å². The fourth-order valence-corrected chi connectivity index (χ4v) is 3.17. The van der Waals surface area contributed by atoms with Crippen LogP contribution in [0.2, 0.25) is 0 Å². The first-order chi connectivity index (χ1) is 12.7. The molecule has 0 fully saturated rings. The number of hydrogen-bond acceptors (Lipinski definition) is 6. The summed E-state index contributed by atoms with van der Waals surface area (Å²) in [5.41, 5.74) is 1.79. The average molecular weight is 369 g/mol. The maximum Gasteiger partial charge on any atom is 0.230 e. The Morgan fingerprint density at radius 3 is 2.54 bits per heavy atom. The van der Waals surface area contributed by atoms with Crippen molar-refractivity contribution in [1.82, 2.24) is 25.1 Å². The Hall–Kier alpha value is -2.87. The van der Waals surface area contributed by atoms with Crippen molar-refractivity contribution >= 4 is 17.7 Å². The van der Waals surface area contributed by atoms with Gasteiger partial charge in [-0.15, -0.1) is 10.2 Å². The van der Waals surface area contributed by atoms with Gasteiger partial charge in [0, 0.05) is 30.7 Å². The van der Waals surface area contributed by atoms with Gasteiger partial charge >= 0.3 is 0 Å². The molecule has 0 unspecified atom stereocenters. The number of benzene rings is 1. The van der Waals surface area contributed by atoms with E-state index in [2.05, 4.69) is 20.5 Å². The number of nitrogens with one attached hydrogen (secondary N) is 1. The molecule has 0 spiro atoms. The molecule has 3 rings (SSSR count). The first-order valence-electron chi connectivity index (χ1n) is 8.15. The number of carbonyl (C=O) groups is 1. The Morgan fingerprint density at radius 1 is 1.15 bits per heavy atom. The van der Waals surface area contributed by atoms with Crippen LogP contribution in [0.1, 0.15) is 6.92 Å². The van der Waals surface area contributed by atoms with Crippen LogP contribution in [-0.2, 0) is 4.79 Å². The number of amides is 1. The molecule has 3 aromatic rings. The molecule has 0 aliphatic carbocycles. The maximum atomic E-state index is 11.6. The Morgan fingerprint density at radius 2 is 1.88 bits per heavy atom. The van der Waals surface area contributed by atoms with Crippen LogP contribution in [0.3, 0.4) is 0 Å². The Balaban J connectivity index is 2.01. The number of carbonyl (C=O) groups excluding carboxylic acids is 1. The summed E-state index contributed by atoms with van der Waals surface area (Å²) in [6.07, 6.45) is 3.42. The van der Waals surface area contributed by atoms with Crippen molar-refractivity contribution in [2.45, 2.75) is 12.1 Å². The van der Waals surface area contributed by atoms with Gasteiger partial charge < -0.3 is 10.1 Å². The number of pyridine rings is 1. The van der Waals surface area contributed by atoms with E-state index in [-0.39, 0.29) is 11.7 Å². The minimum absolute atomic E-state index is 0.0679. The average Bonchev–Trinajstić information content (AvgIpc) is 3.11. The summed E-state index contributed by atoms with van der Waals surface area (Å²) in [5, 5.41) is 11.9. The van der Waals surface area contributed by atoms with Crippen LogP contribution in [0, 0.1) is 0 Å². The zero-order chi connectivity index (χ0) is 18.4. The third-order valence-electron chi connectivity index (χ3n) is 3.59. The molecule has 0 radical (unpaired) electrons. The van der Waals surface area contributed by atoms with Gasteiger partial charge in [0.25, 0.3) is 0 Å². The molecule has 0 bridgehead atoms. The fraction of sp³-hybridized carbons (Fsp3) is 0.222. The van der Waals surface area contributed by atoms with Gasteiger partial charge in [-0.1, -0.05) is 11.8 Å². The second-order valence-corrected chi connectivity index (χ2v) is 6.21. The minimum atomic E-state index is -0.0679. The molecule has 26 heavy (non-hydrogen) atoms. The van der Waals surface area contributed by atoms with Crippen LogP contribution in [-0.4, -0.2) is 45.1 Å². The summed E-state index contributed by atoms with van der Waals surface area (Å²) in [6, 6.07) is 11.5. The Bertz CT molecular complexity index is 865. The van der Waals surface area contributed by atoms with E-state index in [1.54, 1.807) is 19.4 Å². The largest absolute Gasteiger partial charge is 0.494 e. The summed E-state index contributed by atoms with van der Waals surface area (Å²) in [4.78, 5) is 15.7. The lowest BCUT2D eigenvalue weighted by molar-refractivity contribution is -0.118. The Labute approximate surface area is 155 Å². The second kappa shape index (κ2) is 8.48. The molecule has 0 saturated heterocycles. The highest BCUT2D eigenvalue weighted by Crippen LogP contribution is 2.28. The quantitative estimate of drug-likeness (QED) is 0.645. The zero-order valence-corrected chi connectivity index (χ0v) is 15.4. The van der Waals surface area contributed by atoms with Crippen LogP contribution in [0.5, 0.6) is 5.75 Å². The summed E-state index contributed by atoms with van der Waals surface area (Å²) in [7, 11) is 1.61. The van der Waals surface area contributed by atoms with E-state index in [1.807, 2.05) is 47.9 Å². The van der Waals surface area contributed by atoms with Gasteiger partial charge in [0.15, 0.2) is 11.0 Å². The summed E-state index contributed by atoms with van der Waals surface area (Å²) >= 11 is 1.33. The normalized spacial score (nSPS) is 10.5. The number of rotatable bonds is 7. The number of aromatic nitrogens is 4. The van der Waals surface area contributed by atoms with Crippen molar-refractivity contribution in [2.24, 2.45) is 0 Å². The molecule has 134 valence electrons. The molecular formula is C18H19N5O2S. The van der Waals surface area contributed by atoms with E-state index < -0.39 is 0 Å². The molecule has 0 aliphatic heterocycles. The van der Waals surface area contributed by atoms with Crippen molar-refractivity contribution in [3.8, 4) is 22.8 Å². The van der Waals surface area contributed by atoms with Crippen molar-refractivity contribution in [2.75, 3.05) is 19.4 Å². The third-order valence-corrected chi connectivity index (χ3v) is 4.52.